The van der Waals surface area contributed by atoms with Gasteiger partial charge >= 0.3 is 0 Å². The lowest BCUT2D eigenvalue weighted by molar-refractivity contribution is -0.126. The minimum atomic E-state index is -0.349. The van der Waals surface area contributed by atoms with Crippen molar-refractivity contribution in [2.75, 3.05) is 13.7 Å². The van der Waals surface area contributed by atoms with Crippen molar-refractivity contribution >= 4 is 5.91 Å². The van der Waals surface area contributed by atoms with Crippen LogP contribution >= 0.6 is 0 Å². The number of aromatic nitrogens is 2. The number of ether oxygens (including phenoxy) is 1. The van der Waals surface area contributed by atoms with E-state index in [1.54, 1.807) is 7.11 Å². The second-order valence-electron chi connectivity index (χ2n) is 6.45. The molecule has 0 radical (unpaired) electrons. The van der Waals surface area contributed by atoms with Crippen LogP contribution in [0.3, 0.4) is 0 Å². The molecule has 7 nitrogen and oxygen atoms in total. The molecular weight excluding hydrogens is 320 g/mol. The normalized spacial score (nSPS) is 21.1. The highest BCUT2D eigenvalue weighted by molar-refractivity contribution is 5.79. The molecule has 0 spiro atoms. The Labute approximate surface area is 146 Å². The highest BCUT2D eigenvalue weighted by Gasteiger charge is 2.33. The standard InChI is InChI=1S/C18H24N4O3/c1-11(20-17(23)15-8-4-6-13(15)10-19)18-21-16(22-25-18)12-5-3-7-14(9-12)24-2/h3,5,7,9,11,13,15H,4,6,8,10,19H2,1-2H3,(H,20,23)/t11?,13-,15-/m1/s1. The number of carbonyl (C=O) groups is 1. The van der Waals surface area contributed by atoms with Crippen molar-refractivity contribution in [2.24, 2.45) is 17.6 Å². The first-order valence-electron chi connectivity index (χ1n) is 8.61. The van der Waals surface area contributed by atoms with Crippen LogP contribution < -0.4 is 15.8 Å². The third-order valence-corrected chi connectivity index (χ3v) is 4.80. The van der Waals surface area contributed by atoms with Crippen molar-refractivity contribution in [3.8, 4) is 17.1 Å². The van der Waals surface area contributed by atoms with E-state index in [2.05, 4.69) is 15.5 Å². The van der Waals surface area contributed by atoms with Crippen LogP contribution in [0.4, 0.5) is 0 Å². The van der Waals surface area contributed by atoms with Crippen molar-refractivity contribution in [1.29, 1.82) is 0 Å². The Hall–Kier alpha value is -2.41. The van der Waals surface area contributed by atoms with Crippen LogP contribution in [0.5, 0.6) is 5.75 Å². The van der Waals surface area contributed by atoms with Gasteiger partial charge in [-0.05, 0) is 44.4 Å². The number of nitrogens with zero attached hydrogens (tertiary/aromatic N) is 2. The molecule has 2 aromatic rings. The molecule has 3 N–H and O–H groups in total. The second-order valence-corrected chi connectivity index (χ2v) is 6.45. The lowest BCUT2D eigenvalue weighted by atomic mass is 9.95. The quantitative estimate of drug-likeness (QED) is 0.833. The first-order valence-corrected chi connectivity index (χ1v) is 8.61. The van der Waals surface area contributed by atoms with E-state index in [4.69, 9.17) is 15.0 Å². The topological polar surface area (TPSA) is 103 Å². The van der Waals surface area contributed by atoms with Gasteiger partial charge in [0.2, 0.25) is 17.6 Å². The molecule has 7 heteroatoms. The highest BCUT2D eigenvalue weighted by atomic mass is 16.5. The molecule has 1 aromatic heterocycles. The first kappa shape index (κ1) is 17.4. The zero-order valence-corrected chi connectivity index (χ0v) is 14.6. The number of hydrogen-bond donors (Lipinski definition) is 2. The summed E-state index contributed by atoms with van der Waals surface area (Å²) in [6, 6.07) is 7.08. The van der Waals surface area contributed by atoms with Crippen molar-refractivity contribution in [3.05, 3.63) is 30.2 Å². The van der Waals surface area contributed by atoms with Gasteiger partial charge in [0.15, 0.2) is 0 Å². The lowest BCUT2D eigenvalue weighted by Crippen LogP contribution is -2.36. The highest BCUT2D eigenvalue weighted by Crippen LogP contribution is 2.31. The summed E-state index contributed by atoms with van der Waals surface area (Å²) in [6.45, 7) is 2.39. The summed E-state index contributed by atoms with van der Waals surface area (Å²) < 4.78 is 10.5. The van der Waals surface area contributed by atoms with E-state index < -0.39 is 0 Å². The van der Waals surface area contributed by atoms with Gasteiger partial charge in [-0.3, -0.25) is 4.79 Å². The molecular formula is C18H24N4O3. The lowest BCUT2D eigenvalue weighted by Gasteiger charge is -2.19. The number of hydrogen-bond acceptors (Lipinski definition) is 6. The minimum absolute atomic E-state index is 0.0154. The van der Waals surface area contributed by atoms with Gasteiger partial charge in [0, 0.05) is 11.5 Å². The molecule has 1 amide bonds. The molecule has 0 bridgehead atoms. The van der Waals surface area contributed by atoms with Gasteiger partial charge in [-0.2, -0.15) is 4.98 Å². The number of nitrogens with two attached hydrogens (primary N) is 1. The van der Waals surface area contributed by atoms with Crippen LogP contribution in [0.1, 0.15) is 38.1 Å². The SMILES string of the molecule is COc1cccc(-c2noc(C(C)NC(=O)[C@@H]3CCC[C@@H]3CN)n2)c1. The molecule has 1 unspecified atom stereocenters. The summed E-state index contributed by atoms with van der Waals surface area (Å²) in [6.07, 6.45) is 2.96. The van der Waals surface area contributed by atoms with Crippen LogP contribution in [-0.4, -0.2) is 29.7 Å². The smallest absolute Gasteiger partial charge is 0.249 e. The average molecular weight is 344 g/mol. The van der Waals surface area contributed by atoms with E-state index in [0.717, 1.165) is 30.6 Å². The van der Waals surface area contributed by atoms with Gasteiger partial charge in [0.05, 0.1) is 7.11 Å². The minimum Gasteiger partial charge on any atom is -0.497 e. The Kier molecular flexibility index (Phi) is 5.33. The third kappa shape index (κ3) is 3.82. The Morgan fingerprint density at radius 3 is 3.08 bits per heavy atom. The molecule has 1 aliphatic carbocycles. The van der Waals surface area contributed by atoms with Crippen LogP contribution in [0.15, 0.2) is 28.8 Å². The molecule has 3 rings (SSSR count). The van der Waals surface area contributed by atoms with Gasteiger partial charge in [0.1, 0.15) is 11.8 Å². The van der Waals surface area contributed by atoms with E-state index in [1.165, 1.54) is 0 Å². The number of methoxy groups -OCH3 is 1. The van der Waals surface area contributed by atoms with Crippen LogP contribution in [0.25, 0.3) is 11.4 Å². The second kappa shape index (κ2) is 7.65. The van der Waals surface area contributed by atoms with Crippen molar-refractivity contribution in [3.63, 3.8) is 0 Å². The molecule has 1 aromatic carbocycles. The zero-order valence-electron chi connectivity index (χ0n) is 14.6. The maximum atomic E-state index is 12.5. The summed E-state index contributed by atoms with van der Waals surface area (Å²) in [5.41, 5.74) is 6.56. The zero-order chi connectivity index (χ0) is 17.8. The molecule has 3 atom stereocenters. The molecule has 134 valence electrons. The molecule has 1 heterocycles. The summed E-state index contributed by atoms with van der Waals surface area (Å²) in [7, 11) is 1.61. The molecule has 25 heavy (non-hydrogen) atoms. The Morgan fingerprint density at radius 2 is 2.32 bits per heavy atom. The van der Waals surface area contributed by atoms with E-state index in [1.807, 2.05) is 31.2 Å². The van der Waals surface area contributed by atoms with Crippen molar-refractivity contribution in [2.45, 2.75) is 32.2 Å². The van der Waals surface area contributed by atoms with Crippen molar-refractivity contribution < 1.29 is 14.1 Å². The fourth-order valence-electron chi connectivity index (χ4n) is 3.34. The maximum absolute atomic E-state index is 12.5. The van der Waals surface area contributed by atoms with E-state index in [-0.39, 0.29) is 23.8 Å². The summed E-state index contributed by atoms with van der Waals surface area (Å²) in [5, 5.41) is 6.98. The number of amides is 1. The molecule has 1 fully saturated rings. The monoisotopic (exact) mass is 344 g/mol. The van der Waals surface area contributed by atoms with Crippen LogP contribution in [0.2, 0.25) is 0 Å². The number of carbonyl (C=O) groups excluding carboxylic acids is 1. The van der Waals surface area contributed by atoms with Gasteiger partial charge in [-0.15, -0.1) is 0 Å². The Morgan fingerprint density at radius 1 is 1.48 bits per heavy atom. The van der Waals surface area contributed by atoms with E-state index in [0.29, 0.717) is 18.3 Å². The maximum Gasteiger partial charge on any atom is 0.249 e. The molecule has 0 saturated heterocycles. The first-order chi connectivity index (χ1) is 12.1. The number of nitrogens with one attached hydrogen (secondary N) is 1. The van der Waals surface area contributed by atoms with Crippen LogP contribution in [-0.2, 0) is 4.79 Å². The van der Waals surface area contributed by atoms with E-state index in [9.17, 15) is 4.79 Å². The predicted octanol–water partition coefficient (Wildman–Crippen LogP) is 2.30. The van der Waals surface area contributed by atoms with E-state index >= 15 is 0 Å². The Balaban J connectivity index is 1.68. The van der Waals surface area contributed by atoms with Gasteiger partial charge < -0.3 is 20.3 Å². The van der Waals surface area contributed by atoms with Gasteiger partial charge in [-0.1, -0.05) is 23.7 Å². The predicted molar refractivity (Wildman–Crippen MR) is 92.7 cm³/mol. The summed E-state index contributed by atoms with van der Waals surface area (Å²) in [5.74, 6) is 1.83. The Bertz CT molecular complexity index is 731. The number of rotatable bonds is 6. The molecule has 1 saturated carbocycles. The third-order valence-electron chi connectivity index (χ3n) is 4.80. The average Bonchev–Trinajstić information content (AvgIpc) is 3.30. The van der Waals surface area contributed by atoms with Gasteiger partial charge in [0.25, 0.3) is 0 Å². The summed E-state index contributed by atoms with van der Waals surface area (Å²) in [4.78, 5) is 16.9. The fraction of sp³-hybridized carbons (Fsp3) is 0.500. The van der Waals surface area contributed by atoms with Gasteiger partial charge in [-0.25, -0.2) is 0 Å². The van der Waals surface area contributed by atoms with Crippen molar-refractivity contribution in [1.82, 2.24) is 15.5 Å². The largest absolute Gasteiger partial charge is 0.497 e. The fourth-order valence-corrected chi connectivity index (χ4v) is 3.34. The van der Waals surface area contributed by atoms with Crippen LogP contribution in [0, 0.1) is 11.8 Å². The summed E-state index contributed by atoms with van der Waals surface area (Å²) >= 11 is 0. The molecule has 0 aliphatic heterocycles. The molecule has 1 aliphatic rings. The number of benzene rings is 1.